The fraction of sp³-hybridized carbons (Fsp3) is 0.273. The molecular formula is C22H24ClN3O3. The van der Waals surface area contributed by atoms with Crippen molar-refractivity contribution in [3.63, 3.8) is 0 Å². The number of anilines is 1. The Bertz CT molecular complexity index is 1090. The number of amides is 1. The molecule has 0 bridgehead atoms. The van der Waals surface area contributed by atoms with Crippen molar-refractivity contribution < 1.29 is 9.53 Å². The van der Waals surface area contributed by atoms with E-state index in [-0.39, 0.29) is 11.2 Å². The van der Waals surface area contributed by atoms with Gasteiger partial charge in [0.1, 0.15) is 11.4 Å². The third-order valence-corrected chi connectivity index (χ3v) is 5.49. The molecule has 1 unspecified atom stereocenters. The Morgan fingerprint density at radius 2 is 1.69 bits per heavy atom. The average molecular weight is 414 g/mol. The van der Waals surface area contributed by atoms with E-state index in [9.17, 15) is 9.59 Å². The molecule has 7 heteroatoms. The third kappa shape index (κ3) is 4.07. The lowest BCUT2D eigenvalue weighted by molar-refractivity contribution is -0.122. The first-order valence-electron chi connectivity index (χ1n) is 9.29. The molecule has 0 aliphatic carbocycles. The number of benzene rings is 2. The summed E-state index contributed by atoms with van der Waals surface area (Å²) in [6.45, 7) is 7.19. The van der Waals surface area contributed by atoms with E-state index in [1.165, 1.54) is 4.68 Å². The largest absolute Gasteiger partial charge is 0.481 e. The standard InChI is InChI=1S/C22H24ClN3O3/c1-13-11-18(12-14(2)19(13)23)29-16(4)21(27)24-20-15(3)25(5)26(22(20)28)17-9-7-6-8-10-17/h6-12,16H,1-5H3,(H,24,27). The van der Waals surface area contributed by atoms with Gasteiger partial charge >= 0.3 is 0 Å². The molecule has 152 valence electrons. The molecule has 6 nitrogen and oxygen atoms in total. The van der Waals surface area contributed by atoms with Crippen LogP contribution in [0.15, 0.2) is 47.3 Å². The molecule has 1 atom stereocenters. The Morgan fingerprint density at radius 1 is 1.10 bits per heavy atom. The topological polar surface area (TPSA) is 65.3 Å². The van der Waals surface area contributed by atoms with E-state index in [1.54, 1.807) is 37.7 Å². The number of halogens is 1. The molecule has 29 heavy (non-hydrogen) atoms. The summed E-state index contributed by atoms with van der Waals surface area (Å²) in [7, 11) is 1.78. The molecule has 1 N–H and O–H groups in total. The molecule has 0 saturated carbocycles. The maximum Gasteiger partial charge on any atom is 0.295 e. The number of carbonyl (C=O) groups excluding carboxylic acids is 1. The number of ether oxygens (including phenoxy) is 1. The van der Waals surface area contributed by atoms with E-state index in [1.807, 2.05) is 44.2 Å². The minimum atomic E-state index is -0.792. The molecular weight excluding hydrogens is 390 g/mol. The quantitative estimate of drug-likeness (QED) is 0.683. The summed E-state index contributed by atoms with van der Waals surface area (Å²) < 4.78 is 9.01. The normalized spacial score (nSPS) is 11.9. The maximum atomic E-state index is 12.9. The first-order chi connectivity index (χ1) is 13.7. The second-order valence-corrected chi connectivity index (χ2v) is 7.43. The molecule has 0 radical (unpaired) electrons. The zero-order chi connectivity index (χ0) is 21.3. The van der Waals surface area contributed by atoms with Crippen LogP contribution in [0.2, 0.25) is 5.02 Å². The van der Waals surface area contributed by atoms with Gasteiger partial charge in [0.2, 0.25) is 0 Å². The van der Waals surface area contributed by atoms with Crippen LogP contribution in [0.5, 0.6) is 5.75 Å². The van der Waals surface area contributed by atoms with Gasteiger partial charge in [-0.25, -0.2) is 4.68 Å². The van der Waals surface area contributed by atoms with Gasteiger partial charge in [0.15, 0.2) is 6.10 Å². The van der Waals surface area contributed by atoms with Crippen molar-refractivity contribution in [2.45, 2.75) is 33.8 Å². The maximum absolute atomic E-state index is 12.9. The lowest BCUT2D eigenvalue weighted by atomic mass is 10.1. The minimum absolute atomic E-state index is 0.236. The summed E-state index contributed by atoms with van der Waals surface area (Å²) in [6, 6.07) is 12.8. The molecule has 0 saturated heterocycles. The van der Waals surface area contributed by atoms with Crippen molar-refractivity contribution in [1.82, 2.24) is 9.36 Å². The molecule has 1 aromatic heterocycles. The van der Waals surface area contributed by atoms with Crippen molar-refractivity contribution in [2.75, 3.05) is 5.32 Å². The Hall–Kier alpha value is -2.99. The van der Waals surface area contributed by atoms with Gasteiger partial charge in [-0.2, -0.15) is 0 Å². The zero-order valence-electron chi connectivity index (χ0n) is 17.1. The number of aryl methyl sites for hydroxylation is 2. The lowest BCUT2D eigenvalue weighted by Crippen LogP contribution is -2.32. The van der Waals surface area contributed by atoms with Crippen molar-refractivity contribution >= 4 is 23.2 Å². The number of aromatic nitrogens is 2. The first-order valence-corrected chi connectivity index (χ1v) is 9.66. The van der Waals surface area contributed by atoms with Crippen LogP contribution in [0.25, 0.3) is 5.69 Å². The highest BCUT2D eigenvalue weighted by molar-refractivity contribution is 6.32. The number of para-hydroxylation sites is 1. The van der Waals surface area contributed by atoms with Gasteiger partial charge in [0.25, 0.3) is 11.5 Å². The Kier molecular flexibility index (Phi) is 5.84. The zero-order valence-corrected chi connectivity index (χ0v) is 17.9. The highest BCUT2D eigenvalue weighted by Gasteiger charge is 2.22. The summed E-state index contributed by atoms with van der Waals surface area (Å²) in [6.07, 6.45) is -0.792. The van der Waals surface area contributed by atoms with Gasteiger partial charge < -0.3 is 10.1 Å². The van der Waals surface area contributed by atoms with Gasteiger partial charge in [-0.05, 0) is 63.1 Å². The lowest BCUT2D eigenvalue weighted by Gasteiger charge is -2.16. The fourth-order valence-electron chi connectivity index (χ4n) is 3.17. The van der Waals surface area contributed by atoms with Gasteiger partial charge in [-0.1, -0.05) is 29.8 Å². The van der Waals surface area contributed by atoms with Crippen LogP contribution in [0.4, 0.5) is 5.69 Å². The Labute approximate surface area is 174 Å². The van der Waals surface area contributed by atoms with Gasteiger partial charge in [0.05, 0.1) is 11.4 Å². The van der Waals surface area contributed by atoms with Crippen molar-refractivity contribution in [2.24, 2.45) is 7.05 Å². The molecule has 0 aliphatic heterocycles. The molecule has 3 aromatic rings. The average Bonchev–Trinajstić information content (AvgIpc) is 2.90. The van der Waals surface area contributed by atoms with Crippen molar-refractivity contribution in [1.29, 1.82) is 0 Å². The van der Waals surface area contributed by atoms with E-state index in [4.69, 9.17) is 16.3 Å². The molecule has 0 fully saturated rings. The monoisotopic (exact) mass is 413 g/mol. The molecule has 3 rings (SSSR count). The summed E-state index contributed by atoms with van der Waals surface area (Å²) in [5.41, 5.74) is 3.06. The fourth-order valence-corrected chi connectivity index (χ4v) is 3.28. The number of rotatable bonds is 5. The second kappa shape index (κ2) is 8.17. The Morgan fingerprint density at radius 3 is 2.28 bits per heavy atom. The molecule has 2 aromatic carbocycles. The number of hydrogen-bond donors (Lipinski definition) is 1. The second-order valence-electron chi connectivity index (χ2n) is 7.06. The SMILES string of the molecule is Cc1cc(OC(C)C(=O)Nc2c(C)n(C)n(-c3ccccc3)c2=O)cc(C)c1Cl. The van der Waals surface area contributed by atoms with E-state index in [2.05, 4.69) is 5.32 Å². The highest BCUT2D eigenvalue weighted by atomic mass is 35.5. The third-order valence-electron chi connectivity index (χ3n) is 4.89. The van der Waals surface area contributed by atoms with Crippen LogP contribution in [0.1, 0.15) is 23.7 Å². The van der Waals surface area contributed by atoms with Crippen LogP contribution in [-0.4, -0.2) is 21.4 Å². The van der Waals surface area contributed by atoms with E-state index >= 15 is 0 Å². The van der Waals surface area contributed by atoms with E-state index in [0.29, 0.717) is 16.5 Å². The van der Waals surface area contributed by atoms with Crippen LogP contribution in [-0.2, 0) is 11.8 Å². The first kappa shape index (κ1) is 20.7. The van der Waals surface area contributed by atoms with E-state index in [0.717, 1.165) is 16.8 Å². The van der Waals surface area contributed by atoms with Crippen molar-refractivity contribution in [3.8, 4) is 11.4 Å². The summed E-state index contributed by atoms with van der Waals surface area (Å²) in [4.78, 5) is 25.6. The van der Waals surface area contributed by atoms with Gasteiger partial charge in [-0.3, -0.25) is 14.3 Å². The number of nitrogens with one attached hydrogen (secondary N) is 1. The highest BCUT2D eigenvalue weighted by Crippen LogP contribution is 2.26. The molecule has 1 amide bonds. The van der Waals surface area contributed by atoms with Crippen molar-refractivity contribution in [3.05, 3.63) is 74.7 Å². The molecule has 1 heterocycles. The van der Waals surface area contributed by atoms with Crippen LogP contribution >= 0.6 is 11.6 Å². The summed E-state index contributed by atoms with van der Waals surface area (Å²) in [5.74, 6) is 0.153. The van der Waals surface area contributed by atoms with Gasteiger partial charge in [0, 0.05) is 12.1 Å². The minimum Gasteiger partial charge on any atom is -0.481 e. The smallest absolute Gasteiger partial charge is 0.295 e. The van der Waals surface area contributed by atoms with Crippen LogP contribution < -0.4 is 15.6 Å². The number of hydrogen-bond acceptors (Lipinski definition) is 3. The predicted octanol–water partition coefficient (Wildman–Crippen LogP) is 4.16. The molecule has 0 spiro atoms. The number of carbonyl (C=O) groups is 1. The summed E-state index contributed by atoms with van der Waals surface area (Å²) >= 11 is 6.18. The van der Waals surface area contributed by atoms with E-state index < -0.39 is 12.0 Å². The van der Waals surface area contributed by atoms with Crippen LogP contribution in [0.3, 0.4) is 0 Å². The molecule has 0 aliphatic rings. The van der Waals surface area contributed by atoms with Crippen LogP contribution in [0, 0.1) is 20.8 Å². The Balaban J connectivity index is 1.83. The predicted molar refractivity (Wildman–Crippen MR) is 115 cm³/mol. The van der Waals surface area contributed by atoms with Gasteiger partial charge in [-0.15, -0.1) is 0 Å². The summed E-state index contributed by atoms with van der Waals surface area (Å²) in [5, 5.41) is 3.40. The number of nitrogens with zero attached hydrogens (tertiary/aromatic N) is 2.